The number of piperidine rings is 2. The summed E-state index contributed by atoms with van der Waals surface area (Å²) in [5, 5.41) is 9.23. The molecule has 1 N–H and O–H groups in total. The molecule has 0 bridgehead atoms. The Balaban J connectivity index is 0.000000355. The average molecular weight is 501 g/mol. The van der Waals surface area contributed by atoms with E-state index in [1.165, 1.54) is 0 Å². The summed E-state index contributed by atoms with van der Waals surface area (Å²) in [5.74, 6) is -0.168. The Bertz CT molecular complexity index is 708. The molecule has 2 amide bonds. The topological polar surface area (TPSA) is 106 Å². The Labute approximate surface area is 211 Å². The standard InChI is InChI=1S/C14H25NO4.C12H23NO3/c1-6-18-11(16)14(5)7-9-15(10-8-14)12(17)19-13(2,3)4;1-11(2,3)16-10(15)13-7-5-12(4,9-14)6-8-13/h6-10H2,1-5H3;14H,5-9H2,1-4H3. The van der Waals surface area contributed by atoms with Gasteiger partial charge in [0.25, 0.3) is 0 Å². The van der Waals surface area contributed by atoms with Gasteiger partial charge in [0.2, 0.25) is 0 Å². The molecule has 2 fully saturated rings. The van der Waals surface area contributed by atoms with Crippen LogP contribution >= 0.6 is 0 Å². The molecule has 35 heavy (non-hydrogen) atoms. The van der Waals surface area contributed by atoms with E-state index in [1.807, 2.05) is 48.5 Å². The van der Waals surface area contributed by atoms with Crippen LogP contribution in [-0.2, 0) is 19.0 Å². The van der Waals surface area contributed by atoms with Crippen LogP contribution in [0.3, 0.4) is 0 Å². The van der Waals surface area contributed by atoms with E-state index in [0.717, 1.165) is 12.8 Å². The van der Waals surface area contributed by atoms with Crippen molar-refractivity contribution in [1.29, 1.82) is 0 Å². The molecular formula is C26H48N2O7. The smallest absolute Gasteiger partial charge is 0.410 e. The van der Waals surface area contributed by atoms with Crippen molar-refractivity contribution in [1.82, 2.24) is 9.80 Å². The van der Waals surface area contributed by atoms with Crippen molar-refractivity contribution in [3.05, 3.63) is 0 Å². The summed E-state index contributed by atoms with van der Waals surface area (Å²) in [6.45, 7) is 19.9. The summed E-state index contributed by atoms with van der Waals surface area (Å²) >= 11 is 0. The second-order valence-corrected chi connectivity index (χ2v) is 12.2. The lowest BCUT2D eigenvalue weighted by atomic mass is 9.80. The van der Waals surface area contributed by atoms with E-state index in [9.17, 15) is 19.5 Å². The normalized spacial score (nSPS) is 19.7. The molecule has 0 aromatic heterocycles. The van der Waals surface area contributed by atoms with Crippen LogP contribution in [0.2, 0.25) is 0 Å². The number of aliphatic hydroxyl groups is 1. The van der Waals surface area contributed by atoms with Crippen molar-refractivity contribution in [2.75, 3.05) is 39.4 Å². The van der Waals surface area contributed by atoms with E-state index in [2.05, 4.69) is 6.92 Å². The van der Waals surface area contributed by atoms with Crippen LogP contribution < -0.4 is 0 Å². The molecule has 9 nitrogen and oxygen atoms in total. The Morgan fingerprint density at radius 3 is 1.46 bits per heavy atom. The van der Waals surface area contributed by atoms with Crippen LogP contribution in [0.5, 0.6) is 0 Å². The zero-order chi connectivity index (χ0) is 27.1. The van der Waals surface area contributed by atoms with Gasteiger partial charge in [-0.25, -0.2) is 9.59 Å². The van der Waals surface area contributed by atoms with E-state index in [-0.39, 0.29) is 30.2 Å². The first-order valence-corrected chi connectivity index (χ1v) is 12.7. The predicted molar refractivity (Wildman–Crippen MR) is 134 cm³/mol. The van der Waals surface area contributed by atoms with Crippen LogP contribution in [0, 0.1) is 10.8 Å². The van der Waals surface area contributed by atoms with Gasteiger partial charge in [-0.05, 0) is 86.5 Å². The first-order valence-electron chi connectivity index (χ1n) is 12.7. The maximum Gasteiger partial charge on any atom is 0.410 e. The molecule has 9 heteroatoms. The molecule has 0 spiro atoms. The minimum Gasteiger partial charge on any atom is -0.466 e. The number of ether oxygens (including phenoxy) is 3. The summed E-state index contributed by atoms with van der Waals surface area (Å²) in [6, 6.07) is 0. The number of nitrogens with zero attached hydrogens (tertiary/aromatic N) is 2. The second kappa shape index (κ2) is 12.3. The zero-order valence-electron chi connectivity index (χ0n) is 23.4. The number of carbonyl (C=O) groups excluding carboxylic acids is 3. The van der Waals surface area contributed by atoms with E-state index in [4.69, 9.17) is 14.2 Å². The van der Waals surface area contributed by atoms with Crippen molar-refractivity contribution in [3.8, 4) is 0 Å². The Kier molecular flexibility index (Phi) is 10.9. The highest BCUT2D eigenvalue weighted by Crippen LogP contribution is 2.33. The molecule has 0 aromatic rings. The van der Waals surface area contributed by atoms with Crippen LogP contribution in [0.1, 0.15) is 88.0 Å². The summed E-state index contributed by atoms with van der Waals surface area (Å²) in [6.07, 6.45) is 2.35. The van der Waals surface area contributed by atoms with Crippen LogP contribution in [0.15, 0.2) is 0 Å². The van der Waals surface area contributed by atoms with Crippen LogP contribution in [0.4, 0.5) is 9.59 Å². The number of likely N-dealkylation sites (tertiary alicyclic amines) is 2. The van der Waals surface area contributed by atoms with Gasteiger partial charge in [0.1, 0.15) is 11.2 Å². The van der Waals surface area contributed by atoms with Gasteiger partial charge in [-0.15, -0.1) is 0 Å². The molecule has 2 saturated heterocycles. The average Bonchev–Trinajstić information content (AvgIpc) is 2.73. The number of carbonyl (C=O) groups is 3. The largest absolute Gasteiger partial charge is 0.466 e. The Morgan fingerprint density at radius 1 is 0.771 bits per heavy atom. The highest BCUT2D eigenvalue weighted by Gasteiger charge is 2.40. The monoisotopic (exact) mass is 500 g/mol. The van der Waals surface area contributed by atoms with Gasteiger partial charge >= 0.3 is 18.2 Å². The SMILES string of the molecule is CC1(CO)CCN(C(=O)OC(C)(C)C)CC1.CCOC(=O)C1(C)CCN(C(=O)OC(C)(C)C)CC1. The molecule has 2 rings (SSSR count). The van der Waals surface area contributed by atoms with Gasteiger partial charge < -0.3 is 29.1 Å². The third-order valence-electron chi connectivity index (χ3n) is 6.29. The lowest BCUT2D eigenvalue weighted by Crippen LogP contribution is -2.47. The van der Waals surface area contributed by atoms with E-state index < -0.39 is 16.6 Å². The zero-order valence-corrected chi connectivity index (χ0v) is 23.4. The fourth-order valence-electron chi connectivity index (χ4n) is 3.73. The maximum absolute atomic E-state index is 11.9. The third-order valence-corrected chi connectivity index (χ3v) is 6.29. The maximum atomic E-state index is 11.9. The van der Waals surface area contributed by atoms with Gasteiger partial charge in [0.05, 0.1) is 12.0 Å². The van der Waals surface area contributed by atoms with Crippen molar-refractivity contribution < 1.29 is 33.7 Å². The fraction of sp³-hybridized carbons (Fsp3) is 0.885. The summed E-state index contributed by atoms with van der Waals surface area (Å²) in [7, 11) is 0. The first kappa shape index (κ1) is 31.0. The molecule has 0 aliphatic carbocycles. The molecule has 2 aliphatic rings. The summed E-state index contributed by atoms with van der Waals surface area (Å²) in [4.78, 5) is 38.9. The number of hydrogen-bond acceptors (Lipinski definition) is 7. The van der Waals surface area contributed by atoms with E-state index in [1.54, 1.807) is 16.7 Å². The number of esters is 1. The van der Waals surface area contributed by atoms with Gasteiger partial charge in [-0.3, -0.25) is 4.79 Å². The van der Waals surface area contributed by atoms with E-state index in [0.29, 0.717) is 45.6 Å². The summed E-state index contributed by atoms with van der Waals surface area (Å²) in [5.41, 5.74) is -1.43. The lowest BCUT2D eigenvalue weighted by Gasteiger charge is -2.38. The molecule has 0 unspecified atom stereocenters. The summed E-state index contributed by atoms with van der Waals surface area (Å²) < 4.78 is 15.7. The molecule has 204 valence electrons. The lowest BCUT2D eigenvalue weighted by molar-refractivity contribution is -0.157. The number of rotatable bonds is 3. The Morgan fingerprint density at radius 2 is 1.14 bits per heavy atom. The molecule has 0 saturated carbocycles. The number of amides is 2. The van der Waals surface area contributed by atoms with Gasteiger partial charge in [0, 0.05) is 32.8 Å². The number of aliphatic hydroxyl groups excluding tert-OH is 1. The van der Waals surface area contributed by atoms with Crippen LogP contribution in [-0.4, -0.2) is 83.7 Å². The van der Waals surface area contributed by atoms with E-state index >= 15 is 0 Å². The number of hydrogen-bond donors (Lipinski definition) is 1. The first-order chi connectivity index (χ1) is 15.9. The second-order valence-electron chi connectivity index (χ2n) is 12.2. The van der Waals surface area contributed by atoms with Crippen molar-refractivity contribution in [3.63, 3.8) is 0 Å². The molecule has 0 radical (unpaired) electrons. The molecule has 2 aliphatic heterocycles. The van der Waals surface area contributed by atoms with Crippen molar-refractivity contribution >= 4 is 18.2 Å². The minimum absolute atomic E-state index is 0.0293. The van der Waals surface area contributed by atoms with Crippen molar-refractivity contribution in [2.24, 2.45) is 10.8 Å². The molecule has 0 atom stereocenters. The fourth-order valence-corrected chi connectivity index (χ4v) is 3.73. The third kappa shape index (κ3) is 10.6. The van der Waals surface area contributed by atoms with Crippen LogP contribution in [0.25, 0.3) is 0 Å². The van der Waals surface area contributed by atoms with Gasteiger partial charge in [-0.1, -0.05) is 6.92 Å². The van der Waals surface area contributed by atoms with Gasteiger partial charge in [0.15, 0.2) is 0 Å². The molecule has 2 heterocycles. The predicted octanol–water partition coefficient (Wildman–Crippen LogP) is 4.60. The Hall–Kier alpha value is -2.03. The van der Waals surface area contributed by atoms with Crippen molar-refractivity contribution in [2.45, 2.75) is 99.2 Å². The highest BCUT2D eigenvalue weighted by atomic mass is 16.6. The molecular weight excluding hydrogens is 452 g/mol. The molecule has 0 aromatic carbocycles. The highest BCUT2D eigenvalue weighted by molar-refractivity contribution is 5.77. The minimum atomic E-state index is -0.487. The quantitative estimate of drug-likeness (QED) is 0.446. The van der Waals surface area contributed by atoms with Gasteiger partial charge in [-0.2, -0.15) is 0 Å².